The molecule has 3 N–H and O–H groups in total. The predicted octanol–water partition coefficient (Wildman–Crippen LogP) is 3.81. The Kier molecular flexibility index (Phi) is 8.98. The molecule has 0 bridgehead atoms. The second-order valence-electron chi connectivity index (χ2n) is 6.37. The molecule has 2 aromatic carbocycles. The normalized spacial score (nSPS) is 10.3. The summed E-state index contributed by atoms with van der Waals surface area (Å²) in [7, 11) is 0. The lowest BCUT2D eigenvalue weighted by Gasteiger charge is -2.14. The van der Waals surface area contributed by atoms with Crippen LogP contribution < -0.4 is 20.7 Å². The highest BCUT2D eigenvalue weighted by Crippen LogP contribution is 2.24. The zero-order chi connectivity index (χ0) is 21.1. The lowest BCUT2D eigenvalue weighted by Crippen LogP contribution is -2.22. The van der Waals surface area contributed by atoms with Crippen LogP contribution in [-0.2, 0) is 14.3 Å². The molecule has 7 heteroatoms. The van der Waals surface area contributed by atoms with Crippen molar-refractivity contribution in [2.24, 2.45) is 0 Å². The summed E-state index contributed by atoms with van der Waals surface area (Å²) in [5.74, 6) is 0.393. The summed E-state index contributed by atoms with van der Waals surface area (Å²) < 4.78 is 11.0. The fourth-order valence-corrected chi connectivity index (χ4v) is 2.55. The van der Waals surface area contributed by atoms with Crippen LogP contribution in [0.15, 0.2) is 42.5 Å². The van der Waals surface area contributed by atoms with Crippen LogP contribution in [0.25, 0.3) is 0 Å². The van der Waals surface area contributed by atoms with Crippen molar-refractivity contribution >= 4 is 28.9 Å². The number of aryl methyl sites for hydroxylation is 1. The van der Waals surface area contributed by atoms with Crippen molar-refractivity contribution in [1.82, 2.24) is 0 Å². The van der Waals surface area contributed by atoms with Crippen LogP contribution in [0.2, 0.25) is 0 Å². The van der Waals surface area contributed by atoms with E-state index in [2.05, 4.69) is 16.0 Å². The van der Waals surface area contributed by atoms with Crippen LogP contribution >= 0.6 is 0 Å². The molecule has 0 spiro atoms. The van der Waals surface area contributed by atoms with E-state index < -0.39 is 0 Å². The third-order valence-corrected chi connectivity index (χ3v) is 4.13. The summed E-state index contributed by atoms with van der Waals surface area (Å²) in [6.07, 6.45) is 0.395. The highest BCUT2D eigenvalue weighted by Gasteiger charge is 2.08. The van der Waals surface area contributed by atoms with Crippen LogP contribution in [0.3, 0.4) is 0 Å². The first-order chi connectivity index (χ1) is 14.0. The molecule has 7 nitrogen and oxygen atoms in total. The van der Waals surface area contributed by atoms with Gasteiger partial charge < -0.3 is 25.4 Å². The Morgan fingerprint density at radius 3 is 2.48 bits per heavy atom. The molecule has 0 radical (unpaired) electrons. The molecule has 156 valence electrons. The van der Waals surface area contributed by atoms with E-state index in [0.29, 0.717) is 43.4 Å². The van der Waals surface area contributed by atoms with Gasteiger partial charge in [-0.2, -0.15) is 0 Å². The van der Waals surface area contributed by atoms with Gasteiger partial charge in [0, 0.05) is 24.4 Å². The van der Waals surface area contributed by atoms with Gasteiger partial charge in [-0.3, -0.25) is 9.59 Å². The standard InChI is InChI=1S/C22H29N3O4/c1-4-21(26)25-19-14-17(11-10-16(19)3)24-22(27)15-23-18-8-6-7-9-20(18)29-13-12-28-5-2/h6-11,14,23H,4-5,12-13,15H2,1-3H3,(H,24,27)(H,25,26). The fraction of sp³-hybridized carbons (Fsp3) is 0.364. The van der Waals surface area contributed by atoms with Crippen LogP contribution in [0.1, 0.15) is 25.8 Å². The Hall–Kier alpha value is -3.06. The highest BCUT2D eigenvalue weighted by atomic mass is 16.5. The van der Waals surface area contributed by atoms with Crippen LogP contribution in [0.4, 0.5) is 17.1 Å². The molecular formula is C22H29N3O4. The van der Waals surface area contributed by atoms with E-state index in [9.17, 15) is 9.59 Å². The topological polar surface area (TPSA) is 88.7 Å². The van der Waals surface area contributed by atoms with Gasteiger partial charge in [0.2, 0.25) is 11.8 Å². The first-order valence-corrected chi connectivity index (χ1v) is 9.77. The number of amides is 2. The summed E-state index contributed by atoms with van der Waals surface area (Å²) in [6, 6.07) is 12.9. The Bertz CT molecular complexity index is 823. The number of hydrogen-bond donors (Lipinski definition) is 3. The lowest BCUT2D eigenvalue weighted by molar-refractivity contribution is -0.116. The number of carbonyl (C=O) groups excluding carboxylic acids is 2. The number of anilines is 3. The van der Waals surface area contributed by atoms with Crippen LogP contribution in [0.5, 0.6) is 5.75 Å². The van der Waals surface area contributed by atoms with Crippen molar-refractivity contribution < 1.29 is 19.1 Å². The summed E-state index contributed by atoms with van der Waals surface area (Å²) in [6.45, 7) is 7.30. The van der Waals surface area contributed by atoms with Crippen molar-refractivity contribution in [3.8, 4) is 5.75 Å². The number of rotatable bonds is 11. The number of para-hydroxylation sites is 2. The third-order valence-electron chi connectivity index (χ3n) is 4.13. The summed E-state index contributed by atoms with van der Waals surface area (Å²) in [5.41, 5.74) is 2.98. The van der Waals surface area contributed by atoms with Crippen molar-refractivity contribution in [3.05, 3.63) is 48.0 Å². The lowest BCUT2D eigenvalue weighted by atomic mass is 10.1. The maximum atomic E-state index is 12.3. The molecule has 0 aliphatic carbocycles. The largest absolute Gasteiger partial charge is 0.489 e. The Morgan fingerprint density at radius 2 is 1.72 bits per heavy atom. The second kappa shape index (κ2) is 11.7. The summed E-state index contributed by atoms with van der Waals surface area (Å²) >= 11 is 0. The number of nitrogens with one attached hydrogen (secondary N) is 3. The quantitative estimate of drug-likeness (QED) is 0.500. The Labute approximate surface area is 171 Å². The summed E-state index contributed by atoms with van der Waals surface area (Å²) in [4.78, 5) is 24.0. The van der Waals surface area contributed by atoms with E-state index in [4.69, 9.17) is 9.47 Å². The molecule has 2 aromatic rings. The number of hydrogen-bond acceptors (Lipinski definition) is 5. The smallest absolute Gasteiger partial charge is 0.243 e. The van der Waals surface area contributed by atoms with Crippen molar-refractivity contribution in [2.75, 3.05) is 42.3 Å². The molecule has 0 aliphatic rings. The van der Waals surface area contributed by atoms with E-state index >= 15 is 0 Å². The first kappa shape index (κ1) is 22.2. The number of ether oxygens (including phenoxy) is 2. The molecule has 29 heavy (non-hydrogen) atoms. The maximum absolute atomic E-state index is 12.3. The maximum Gasteiger partial charge on any atom is 0.243 e. The minimum Gasteiger partial charge on any atom is -0.489 e. The zero-order valence-electron chi connectivity index (χ0n) is 17.2. The fourth-order valence-electron chi connectivity index (χ4n) is 2.55. The highest BCUT2D eigenvalue weighted by molar-refractivity contribution is 5.96. The Balaban J connectivity index is 1.92. The third kappa shape index (κ3) is 7.46. The number of benzene rings is 2. The van der Waals surface area contributed by atoms with Crippen molar-refractivity contribution in [2.45, 2.75) is 27.2 Å². The van der Waals surface area contributed by atoms with Crippen LogP contribution in [0, 0.1) is 6.92 Å². The predicted molar refractivity (Wildman–Crippen MR) is 116 cm³/mol. The van der Waals surface area contributed by atoms with Gasteiger partial charge in [0.1, 0.15) is 12.4 Å². The van der Waals surface area contributed by atoms with E-state index in [1.54, 1.807) is 19.1 Å². The molecular weight excluding hydrogens is 370 g/mol. The monoisotopic (exact) mass is 399 g/mol. The molecule has 0 unspecified atom stereocenters. The molecule has 0 aliphatic heterocycles. The van der Waals surface area contributed by atoms with Crippen molar-refractivity contribution in [3.63, 3.8) is 0 Å². The van der Waals surface area contributed by atoms with E-state index in [1.165, 1.54) is 0 Å². The van der Waals surface area contributed by atoms with Gasteiger partial charge in [0.25, 0.3) is 0 Å². The Morgan fingerprint density at radius 1 is 0.931 bits per heavy atom. The van der Waals surface area contributed by atoms with Gasteiger partial charge in [0.05, 0.1) is 18.8 Å². The molecule has 0 atom stereocenters. The average Bonchev–Trinajstić information content (AvgIpc) is 2.72. The second-order valence-corrected chi connectivity index (χ2v) is 6.37. The van der Waals surface area contributed by atoms with Gasteiger partial charge in [-0.25, -0.2) is 0 Å². The minimum atomic E-state index is -0.203. The number of carbonyl (C=O) groups is 2. The van der Waals surface area contributed by atoms with Crippen LogP contribution in [-0.4, -0.2) is 38.2 Å². The molecule has 0 saturated carbocycles. The van der Waals surface area contributed by atoms with E-state index in [0.717, 1.165) is 11.3 Å². The molecule has 2 amide bonds. The summed E-state index contributed by atoms with van der Waals surface area (Å²) in [5, 5.41) is 8.77. The van der Waals surface area contributed by atoms with E-state index in [-0.39, 0.29) is 18.4 Å². The zero-order valence-corrected chi connectivity index (χ0v) is 17.2. The van der Waals surface area contributed by atoms with Gasteiger partial charge >= 0.3 is 0 Å². The molecule has 0 fully saturated rings. The van der Waals surface area contributed by atoms with E-state index in [1.807, 2.05) is 44.2 Å². The first-order valence-electron chi connectivity index (χ1n) is 9.77. The van der Waals surface area contributed by atoms with Gasteiger partial charge in [-0.05, 0) is 43.7 Å². The van der Waals surface area contributed by atoms with Gasteiger partial charge in [-0.1, -0.05) is 25.1 Å². The molecule has 2 rings (SSSR count). The molecule has 0 saturated heterocycles. The molecule has 0 heterocycles. The van der Waals surface area contributed by atoms with Gasteiger partial charge in [-0.15, -0.1) is 0 Å². The SMILES string of the molecule is CCOCCOc1ccccc1NCC(=O)Nc1ccc(C)c(NC(=O)CC)c1. The van der Waals surface area contributed by atoms with Crippen molar-refractivity contribution in [1.29, 1.82) is 0 Å². The average molecular weight is 399 g/mol. The minimum absolute atomic E-state index is 0.0702. The molecule has 0 aromatic heterocycles. The van der Waals surface area contributed by atoms with Gasteiger partial charge in [0.15, 0.2) is 0 Å².